The number of rotatable bonds is 2. The SMILES string of the molecule is CC1=CC(C)=[N+]2C1=C(C)c1c(C)cc(C)n1[B-]2(F)[OH+]S(=O)(=O)C(F)(F)F. The Labute approximate surface area is 148 Å². The molecule has 2 aliphatic heterocycles. The summed E-state index contributed by atoms with van der Waals surface area (Å²) in [5, 5.41) is 0. The van der Waals surface area contributed by atoms with E-state index in [2.05, 4.69) is 4.10 Å². The van der Waals surface area contributed by atoms with Gasteiger partial charge in [0.15, 0.2) is 5.70 Å². The van der Waals surface area contributed by atoms with Crippen LogP contribution < -0.4 is 0 Å². The number of allylic oxidation sites excluding steroid dienone is 3. The highest BCUT2D eigenvalue weighted by atomic mass is 32.2. The number of alkyl halides is 3. The molecule has 26 heavy (non-hydrogen) atoms. The zero-order chi connectivity index (χ0) is 19.8. The van der Waals surface area contributed by atoms with Crippen molar-refractivity contribution in [2.75, 3.05) is 0 Å². The van der Waals surface area contributed by atoms with Gasteiger partial charge >= 0.3 is 22.5 Å². The Kier molecular flexibility index (Phi) is 3.87. The number of hydrogen-bond acceptors (Lipinski definition) is 2. The van der Waals surface area contributed by atoms with Gasteiger partial charge in [0.2, 0.25) is 0 Å². The lowest BCUT2D eigenvalue weighted by Gasteiger charge is -2.32. The molecular weight excluding hydrogens is 375 g/mol. The molecule has 1 N–H and O–H groups in total. The minimum atomic E-state index is -6.05. The molecule has 11 heteroatoms. The van der Waals surface area contributed by atoms with Gasteiger partial charge in [-0.2, -0.15) is 13.2 Å². The summed E-state index contributed by atoms with van der Waals surface area (Å²) < 4.78 is 83.2. The summed E-state index contributed by atoms with van der Waals surface area (Å²) in [5.41, 5.74) is -2.50. The third kappa shape index (κ3) is 2.33. The average molecular weight is 393 g/mol. The number of nitrogens with zero attached hydrogens (tertiary/aromatic N) is 2. The summed E-state index contributed by atoms with van der Waals surface area (Å²) in [6, 6.07) is 1.60. The van der Waals surface area contributed by atoms with E-state index in [-0.39, 0.29) is 11.4 Å². The van der Waals surface area contributed by atoms with Crippen molar-refractivity contribution in [3.63, 3.8) is 0 Å². The lowest BCUT2D eigenvalue weighted by atomic mass is 9.84. The zero-order valence-corrected chi connectivity index (χ0v) is 15.6. The van der Waals surface area contributed by atoms with Gasteiger partial charge in [-0.25, -0.2) is 0 Å². The topological polar surface area (TPSA) is 54.9 Å². The molecule has 3 heterocycles. The molecule has 0 aliphatic carbocycles. The Hall–Kier alpha value is -1.88. The Balaban J connectivity index is 2.38. The van der Waals surface area contributed by atoms with Gasteiger partial charge in [0.1, 0.15) is 5.71 Å². The number of aryl methyl sites for hydroxylation is 2. The highest BCUT2D eigenvalue weighted by Gasteiger charge is 2.69. The largest absolute Gasteiger partial charge is 0.889 e. The molecule has 1 aromatic heterocycles. The molecule has 3 rings (SSSR count). The van der Waals surface area contributed by atoms with Gasteiger partial charge in [0.05, 0.1) is 0 Å². The molecule has 0 radical (unpaired) electrons. The average Bonchev–Trinajstić information content (AvgIpc) is 2.92. The van der Waals surface area contributed by atoms with Gasteiger partial charge in [0, 0.05) is 29.8 Å². The van der Waals surface area contributed by atoms with Gasteiger partial charge in [-0.1, -0.05) is 0 Å². The van der Waals surface area contributed by atoms with Crippen molar-refractivity contribution < 1.29 is 34.5 Å². The van der Waals surface area contributed by atoms with E-state index < -0.39 is 22.5 Å². The summed E-state index contributed by atoms with van der Waals surface area (Å²) in [6.07, 6.45) is 1.60. The van der Waals surface area contributed by atoms with Crippen LogP contribution in [0.15, 0.2) is 23.4 Å². The van der Waals surface area contributed by atoms with Crippen LogP contribution in [0.2, 0.25) is 0 Å². The zero-order valence-electron chi connectivity index (χ0n) is 14.8. The van der Waals surface area contributed by atoms with Crippen LogP contribution in [-0.4, -0.2) is 39.6 Å². The van der Waals surface area contributed by atoms with Crippen molar-refractivity contribution in [3.05, 3.63) is 40.4 Å². The van der Waals surface area contributed by atoms with Gasteiger partial charge in [-0.3, -0.25) is 4.49 Å². The third-order valence-electron chi connectivity index (χ3n) is 4.77. The van der Waals surface area contributed by atoms with Crippen molar-refractivity contribution >= 4 is 28.3 Å². The van der Waals surface area contributed by atoms with Crippen molar-refractivity contribution in [2.24, 2.45) is 0 Å². The van der Waals surface area contributed by atoms with Crippen LogP contribution in [0.5, 0.6) is 0 Å². The molecule has 0 spiro atoms. The maximum atomic E-state index is 16.2. The molecule has 0 saturated heterocycles. The molecule has 2 aliphatic rings. The van der Waals surface area contributed by atoms with E-state index in [0.29, 0.717) is 28.1 Å². The molecule has 142 valence electrons. The van der Waals surface area contributed by atoms with Crippen LogP contribution in [0.25, 0.3) is 5.57 Å². The van der Waals surface area contributed by atoms with E-state index >= 15 is 4.32 Å². The molecule has 0 fully saturated rings. The van der Waals surface area contributed by atoms with Gasteiger partial charge in [-0.15, -0.1) is 8.42 Å². The molecule has 0 amide bonds. The first kappa shape index (κ1) is 18.9. The summed E-state index contributed by atoms with van der Waals surface area (Å²) in [5.74, 6) is 0. The second-order valence-corrected chi connectivity index (χ2v) is 8.29. The first-order chi connectivity index (χ1) is 11.7. The van der Waals surface area contributed by atoms with Crippen LogP contribution in [0.3, 0.4) is 0 Å². The number of hydrogen-bond donors (Lipinski definition) is 0. The molecule has 0 aromatic carbocycles. The normalized spacial score (nSPS) is 23.3. The van der Waals surface area contributed by atoms with Crippen LogP contribution in [0.4, 0.5) is 17.5 Å². The third-order valence-corrected chi connectivity index (χ3v) is 5.90. The second-order valence-electron chi connectivity index (χ2n) is 6.67. The second kappa shape index (κ2) is 5.32. The van der Waals surface area contributed by atoms with Gasteiger partial charge < -0.3 is 12.9 Å². The molecule has 0 saturated carbocycles. The molecule has 1 aromatic rings. The van der Waals surface area contributed by atoms with E-state index in [9.17, 15) is 21.6 Å². The lowest BCUT2D eigenvalue weighted by Crippen LogP contribution is -2.61. The van der Waals surface area contributed by atoms with Crippen molar-refractivity contribution in [1.29, 1.82) is 0 Å². The highest BCUT2D eigenvalue weighted by Crippen LogP contribution is 2.41. The highest BCUT2D eigenvalue weighted by molar-refractivity contribution is 7.87. The maximum absolute atomic E-state index is 16.2. The van der Waals surface area contributed by atoms with E-state index in [1.54, 1.807) is 32.9 Å². The Morgan fingerprint density at radius 3 is 2.27 bits per heavy atom. The van der Waals surface area contributed by atoms with E-state index in [1.165, 1.54) is 13.8 Å². The van der Waals surface area contributed by atoms with Gasteiger partial charge in [-0.05, 0) is 45.0 Å². The minimum Gasteiger partial charge on any atom is -0.443 e. The fourth-order valence-electron chi connectivity index (χ4n) is 3.99. The number of fused-ring (bicyclic) bond motifs is 2. The minimum absolute atomic E-state index is 0.289. The smallest absolute Gasteiger partial charge is 0.443 e. The summed E-state index contributed by atoms with van der Waals surface area (Å²) >= 11 is 0. The van der Waals surface area contributed by atoms with Gasteiger partial charge in [0.25, 0.3) is 0 Å². The van der Waals surface area contributed by atoms with Crippen molar-refractivity contribution in [2.45, 2.75) is 40.1 Å². The Morgan fingerprint density at radius 2 is 1.73 bits per heavy atom. The van der Waals surface area contributed by atoms with Crippen LogP contribution in [-0.2, 0) is 10.1 Å². The molecule has 1 unspecified atom stereocenters. The number of aromatic nitrogens is 1. The van der Waals surface area contributed by atoms with Crippen LogP contribution in [0, 0.1) is 13.8 Å². The molecule has 1 atom stereocenters. The fraction of sp³-hybridized carbons (Fsp3) is 0.400. The van der Waals surface area contributed by atoms with Crippen molar-refractivity contribution in [1.82, 2.24) is 4.48 Å². The molecular formula is C15H18BF4N2O3S+. The Bertz CT molecular complexity index is 1030. The summed E-state index contributed by atoms with van der Waals surface area (Å²) in [6.45, 7) is 3.99. The summed E-state index contributed by atoms with van der Waals surface area (Å²) in [4.78, 5) is 0. The summed E-state index contributed by atoms with van der Waals surface area (Å²) in [7, 11) is -6.05. The van der Waals surface area contributed by atoms with E-state index in [0.717, 1.165) is 8.96 Å². The number of halogens is 4. The van der Waals surface area contributed by atoms with Crippen LogP contribution >= 0.6 is 0 Å². The first-order valence-electron chi connectivity index (χ1n) is 7.83. The predicted octanol–water partition coefficient (Wildman–Crippen LogP) is 2.91. The van der Waals surface area contributed by atoms with Crippen molar-refractivity contribution in [3.8, 4) is 0 Å². The van der Waals surface area contributed by atoms with E-state index in [1.807, 2.05) is 0 Å². The molecule has 0 bridgehead atoms. The Morgan fingerprint density at radius 1 is 1.15 bits per heavy atom. The lowest BCUT2D eigenvalue weighted by molar-refractivity contribution is -0.377. The fourth-order valence-corrected chi connectivity index (χ4v) is 4.65. The van der Waals surface area contributed by atoms with Crippen LogP contribution in [0.1, 0.15) is 37.7 Å². The molecule has 5 nitrogen and oxygen atoms in total. The predicted molar refractivity (Wildman–Crippen MR) is 90.7 cm³/mol. The maximum Gasteiger partial charge on any atom is 0.889 e. The first-order valence-corrected chi connectivity index (χ1v) is 9.27. The standard InChI is InChI=1S/C15H18BF4N2O3S/c1-8-6-10(3)21-13(8)12(5)14-9(2)7-11(4)22(14)16(21,20)25-26(23,24)15(17,18)19/h6-7,25H,1-5H3/q+1. The quantitative estimate of drug-likeness (QED) is 0.255. The van der Waals surface area contributed by atoms with E-state index in [4.69, 9.17) is 0 Å². The monoisotopic (exact) mass is 393 g/mol.